The van der Waals surface area contributed by atoms with E-state index < -0.39 is 0 Å². The van der Waals surface area contributed by atoms with Gasteiger partial charge in [-0.2, -0.15) is 0 Å². The van der Waals surface area contributed by atoms with Crippen molar-refractivity contribution in [3.63, 3.8) is 0 Å². The Morgan fingerprint density at radius 1 is 1.53 bits per heavy atom. The fourth-order valence-electron chi connectivity index (χ4n) is 2.75. The Bertz CT molecular complexity index is 475. The van der Waals surface area contributed by atoms with E-state index in [2.05, 4.69) is 6.92 Å². The third kappa shape index (κ3) is 2.93. The second-order valence-electron chi connectivity index (χ2n) is 5.39. The van der Waals surface area contributed by atoms with E-state index in [-0.39, 0.29) is 11.9 Å². The number of nitrogens with zero attached hydrogens (tertiary/aromatic N) is 1. The predicted octanol–water partition coefficient (Wildman–Crippen LogP) is 2.85. The Balaban J connectivity index is 2.24. The number of halogens is 1. The number of amides is 1. The van der Waals surface area contributed by atoms with Crippen LogP contribution in [0.25, 0.3) is 0 Å². The van der Waals surface area contributed by atoms with E-state index in [0.717, 1.165) is 24.9 Å². The third-order valence-electron chi connectivity index (χ3n) is 4.04. The van der Waals surface area contributed by atoms with Gasteiger partial charge in [0, 0.05) is 29.7 Å². The van der Waals surface area contributed by atoms with Crippen molar-refractivity contribution in [2.24, 2.45) is 11.7 Å². The summed E-state index contributed by atoms with van der Waals surface area (Å²) in [5.41, 5.74) is 7.48. The molecule has 1 amide bonds. The van der Waals surface area contributed by atoms with Gasteiger partial charge in [-0.25, -0.2) is 0 Å². The number of benzene rings is 1. The Hall–Kier alpha value is -1.06. The number of hydrogen-bond donors (Lipinski definition) is 1. The van der Waals surface area contributed by atoms with Crippen molar-refractivity contribution in [2.45, 2.75) is 32.7 Å². The topological polar surface area (TPSA) is 46.3 Å². The largest absolute Gasteiger partial charge is 0.334 e. The lowest BCUT2D eigenvalue weighted by atomic mass is 9.90. The average molecular weight is 281 g/mol. The fourth-order valence-corrected chi connectivity index (χ4v) is 2.93. The summed E-state index contributed by atoms with van der Waals surface area (Å²) in [6.45, 7) is 5.41. The maximum Gasteiger partial charge on any atom is 0.254 e. The van der Waals surface area contributed by atoms with Crippen LogP contribution < -0.4 is 5.73 Å². The molecule has 0 radical (unpaired) electrons. The number of nitrogens with two attached hydrogens (primary N) is 1. The van der Waals surface area contributed by atoms with E-state index in [1.54, 1.807) is 6.07 Å². The second-order valence-corrected chi connectivity index (χ2v) is 5.79. The van der Waals surface area contributed by atoms with Crippen molar-refractivity contribution < 1.29 is 4.79 Å². The molecule has 19 heavy (non-hydrogen) atoms. The fraction of sp³-hybridized carbons (Fsp3) is 0.533. The Morgan fingerprint density at radius 3 is 2.89 bits per heavy atom. The predicted molar refractivity (Wildman–Crippen MR) is 78.5 cm³/mol. The van der Waals surface area contributed by atoms with Crippen LogP contribution in [-0.2, 0) is 0 Å². The lowest BCUT2D eigenvalue weighted by molar-refractivity contribution is 0.0532. The normalized spacial score (nSPS) is 23.5. The van der Waals surface area contributed by atoms with Gasteiger partial charge in [-0.1, -0.05) is 24.6 Å². The van der Waals surface area contributed by atoms with Gasteiger partial charge < -0.3 is 10.6 Å². The summed E-state index contributed by atoms with van der Waals surface area (Å²) in [5.74, 6) is 0.507. The van der Waals surface area contributed by atoms with Gasteiger partial charge in [0.25, 0.3) is 5.91 Å². The van der Waals surface area contributed by atoms with Crippen LogP contribution in [-0.4, -0.2) is 29.9 Å². The van der Waals surface area contributed by atoms with E-state index in [0.29, 0.717) is 23.0 Å². The molecule has 1 aliphatic rings. The molecule has 4 heteroatoms. The van der Waals surface area contributed by atoms with Crippen molar-refractivity contribution in [2.75, 3.05) is 13.1 Å². The molecule has 0 aromatic heterocycles. The number of carbonyl (C=O) groups excluding carboxylic acids is 1. The van der Waals surface area contributed by atoms with Crippen molar-refractivity contribution in [3.8, 4) is 0 Å². The van der Waals surface area contributed by atoms with Gasteiger partial charge in [0.15, 0.2) is 0 Å². The molecular formula is C15H21ClN2O. The van der Waals surface area contributed by atoms with Gasteiger partial charge in [0.05, 0.1) is 0 Å². The lowest BCUT2D eigenvalue weighted by Crippen LogP contribution is -2.51. The molecular weight excluding hydrogens is 260 g/mol. The standard InChI is InChI=1S/C15H21ClN2O/c1-10-5-6-12(8-13(10)16)15(19)18-7-3-4-11(2)14(18)9-17/h5-6,8,11,14H,3-4,7,9,17H2,1-2H3. The highest BCUT2D eigenvalue weighted by molar-refractivity contribution is 6.31. The summed E-state index contributed by atoms with van der Waals surface area (Å²) in [6.07, 6.45) is 2.18. The van der Waals surface area contributed by atoms with Gasteiger partial charge >= 0.3 is 0 Å². The second kappa shape index (κ2) is 5.93. The molecule has 0 spiro atoms. The molecule has 1 aliphatic heterocycles. The zero-order valence-corrected chi connectivity index (χ0v) is 12.3. The van der Waals surface area contributed by atoms with Crippen LogP contribution >= 0.6 is 11.6 Å². The van der Waals surface area contributed by atoms with Crippen LogP contribution in [0.2, 0.25) is 5.02 Å². The zero-order chi connectivity index (χ0) is 14.0. The van der Waals surface area contributed by atoms with Crippen molar-refractivity contribution in [1.82, 2.24) is 4.90 Å². The van der Waals surface area contributed by atoms with Crippen LogP contribution in [0.3, 0.4) is 0 Å². The molecule has 2 unspecified atom stereocenters. The first-order valence-corrected chi connectivity index (χ1v) is 7.19. The molecule has 2 N–H and O–H groups in total. The highest BCUT2D eigenvalue weighted by atomic mass is 35.5. The van der Waals surface area contributed by atoms with E-state index in [1.165, 1.54) is 0 Å². The first-order valence-electron chi connectivity index (χ1n) is 6.81. The molecule has 2 rings (SSSR count). The van der Waals surface area contributed by atoms with E-state index in [1.807, 2.05) is 24.0 Å². The van der Waals surface area contributed by atoms with Gasteiger partial charge in [0.2, 0.25) is 0 Å². The number of likely N-dealkylation sites (tertiary alicyclic amines) is 1. The SMILES string of the molecule is Cc1ccc(C(=O)N2CCCC(C)C2CN)cc1Cl. The highest BCUT2D eigenvalue weighted by Crippen LogP contribution is 2.25. The van der Waals surface area contributed by atoms with E-state index >= 15 is 0 Å². The highest BCUT2D eigenvalue weighted by Gasteiger charge is 2.31. The first-order chi connectivity index (χ1) is 9.04. The smallest absolute Gasteiger partial charge is 0.254 e. The number of rotatable bonds is 2. The quantitative estimate of drug-likeness (QED) is 0.905. The van der Waals surface area contributed by atoms with Crippen LogP contribution in [0.15, 0.2) is 18.2 Å². The molecule has 2 atom stereocenters. The first kappa shape index (κ1) is 14.4. The van der Waals surface area contributed by atoms with Gasteiger partial charge in [-0.15, -0.1) is 0 Å². The summed E-state index contributed by atoms with van der Waals surface area (Å²) in [5, 5.41) is 0.639. The van der Waals surface area contributed by atoms with E-state index in [4.69, 9.17) is 17.3 Å². The minimum absolute atomic E-state index is 0.0453. The van der Waals surface area contributed by atoms with Crippen molar-refractivity contribution in [1.29, 1.82) is 0 Å². The minimum Gasteiger partial charge on any atom is -0.334 e. The minimum atomic E-state index is 0.0453. The van der Waals surface area contributed by atoms with Crippen LogP contribution in [0.4, 0.5) is 0 Å². The molecule has 104 valence electrons. The maximum absolute atomic E-state index is 12.6. The molecule has 3 nitrogen and oxygen atoms in total. The van der Waals surface area contributed by atoms with Crippen molar-refractivity contribution in [3.05, 3.63) is 34.3 Å². The van der Waals surface area contributed by atoms with Crippen LogP contribution in [0.5, 0.6) is 0 Å². The zero-order valence-electron chi connectivity index (χ0n) is 11.5. The van der Waals surface area contributed by atoms with Crippen LogP contribution in [0, 0.1) is 12.8 Å². The van der Waals surface area contributed by atoms with Crippen molar-refractivity contribution >= 4 is 17.5 Å². The Labute approximate surface area is 119 Å². The molecule has 0 aliphatic carbocycles. The van der Waals surface area contributed by atoms with Gasteiger partial charge in [-0.3, -0.25) is 4.79 Å². The summed E-state index contributed by atoms with van der Waals surface area (Å²) < 4.78 is 0. The number of aryl methyl sites for hydroxylation is 1. The molecule has 1 saturated heterocycles. The van der Waals surface area contributed by atoms with E-state index in [9.17, 15) is 4.79 Å². The summed E-state index contributed by atoms with van der Waals surface area (Å²) in [6, 6.07) is 5.63. The Kier molecular flexibility index (Phi) is 4.48. The molecule has 0 saturated carbocycles. The molecule has 1 fully saturated rings. The van der Waals surface area contributed by atoms with Gasteiger partial charge in [0.1, 0.15) is 0 Å². The summed E-state index contributed by atoms with van der Waals surface area (Å²) in [4.78, 5) is 14.5. The third-order valence-corrected chi connectivity index (χ3v) is 4.44. The summed E-state index contributed by atoms with van der Waals surface area (Å²) in [7, 11) is 0. The number of carbonyl (C=O) groups is 1. The molecule has 1 aromatic carbocycles. The molecule has 0 bridgehead atoms. The maximum atomic E-state index is 12.6. The van der Waals surface area contributed by atoms with Crippen LogP contribution in [0.1, 0.15) is 35.7 Å². The van der Waals surface area contributed by atoms with Gasteiger partial charge in [-0.05, 0) is 43.4 Å². The monoisotopic (exact) mass is 280 g/mol. The lowest BCUT2D eigenvalue weighted by Gasteiger charge is -2.39. The Morgan fingerprint density at radius 2 is 2.26 bits per heavy atom. The molecule has 1 aromatic rings. The molecule has 1 heterocycles. The number of hydrogen-bond acceptors (Lipinski definition) is 2. The number of piperidine rings is 1. The summed E-state index contributed by atoms with van der Waals surface area (Å²) >= 11 is 6.10. The average Bonchev–Trinajstić information content (AvgIpc) is 2.40.